The average molecular weight is 269 g/mol. The summed E-state index contributed by atoms with van der Waals surface area (Å²) in [7, 11) is 2.95. The maximum Gasteiger partial charge on any atom is 0.393 e. The van der Waals surface area contributed by atoms with E-state index in [-0.39, 0.29) is 0 Å². The molecule has 0 aromatic rings. The molecule has 3 N–H and O–H groups in total. The van der Waals surface area contributed by atoms with Gasteiger partial charge in [-0.05, 0) is 6.92 Å². The van der Waals surface area contributed by atoms with Crippen molar-refractivity contribution in [2.75, 3.05) is 14.1 Å². The van der Waals surface area contributed by atoms with Crippen LogP contribution in [-0.4, -0.2) is 49.1 Å². The minimum atomic E-state index is -4.55. The molecule has 0 bridgehead atoms. The van der Waals surface area contributed by atoms with Gasteiger partial charge in [0.05, 0.1) is 12.0 Å². The predicted molar refractivity (Wildman–Crippen MR) is 59.5 cm³/mol. The van der Waals surface area contributed by atoms with Crippen LogP contribution in [-0.2, 0) is 9.59 Å². The zero-order chi connectivity index (χ0) is 14.7. The lowest BCUT2D eigenvalue weighted by molar-refractivity contribution is -0.178. The van der Waals surface area contributed by atoms with Crippen molar-refractivity contribution < 1.29 is 22.8 Å². The lowest BCUT2D eigenvalue weighted by atomic mass is 10.0. The summed E-state index contributed by atoms with van der Waals surface area (Å²) in [5.41, 5.74) is 5.21. The second-order valence-electron chi connectivity index (χ2n) is 4.32. The Hall–Kier alpha value is -1.31. The molecule has 0 fully saturated rings. The number of halogens is 3. The van der Waals surface area contributed by atoms with Gasteiger partial charge >= 0.3 is 6.18 Å². The van der Waals surface area contributed by atoms with Crippen LogP contribution >= 0.6 is 0 Å². The Balaban J connectivity index is 4.55. The van der Waals surface area contributed by atoms with Crippen LogP contribution in [0.15, 0.2) is 0 Å². The van der Waals surface area contributed by atoms with Crippen molar-refractivity contribution >= 4 is 11.8 Å². The molecule has 0 aliphatic heterocycles. The van der Waals surface area contributed by atoms with E-state index in [0.29, 0.717) is 0 Å². The Morgan fingerprint density at radius 1 is 1.22 bits per heavy atom. The molecule has 0 aromatic heterocycles. The molecular weight excluding hydrogens is 251 g/mol. The molecule has 0 saturated carbocycles. The molecule has 106 valence electrons. The largest absolute Gasteiger partial charge is 0.393 e. The molecule has 0 saturated heterocycles. The van der Waals surface area contributed by atoms with E-state index >= 15 is 0 Å². The normalized spacial score (nSPS) is 16.7. The SMILES string of the molecule is CC(C(N)C(=O)N[C@@H](C)C(=O)N(C)C)C(F)(F)F. The van der Waals surface area contributed by atoms with Crippen LogP contribution in [0.5, 0.6) is 0 Å². The zero-order valence-corrected chi connectivity index (χ0v) is 10.7. The number of rotatable bonds is 4. The van der Waals surface area contributed by atoms with Gasteiger partial charge in [-0.2, -0.15) is 13.2 Å². The Labute approximate surface area is 103 Å². The molecule has 2 amide bonds. The summed E-state index contributed by atoms with van der Waals surface area (Å²) in [6, 6.07) is -2.65. The third-order valence-corrected chi connectivity index (χ3v) is 2.53. The second kappa shape index (κ2) is 6.03. The first-order chi connectivity index (χ1) is 7.98. The minimum absolute atomic E-state index is 0.421. The number of nitrogens with zero attached hydrogens (tertiary/aromatic N) is 1. The highest BCUT2D eigenvalue weighted by Crippen LogP contribution is 2.27. The van der Waals surface area contributed by atoms with Gasteiger partial charge in [-0.1, -0.05) is 6.92 Å². The highest BCUT2D eigenvalue weighted by molar-refractivity contribution is 5.89. The van der Waals surface area contributed by atoms with Gasteiger partial charge < -0.3 is 16.0 Å². The Morgan fingerprint density at radius 3 is 2.00 bits per heavy atom. The topological polar surface area (TPSA) is 75.4 Å². The van der Waals surface area contributed by atoms with E-state index in [1.54, 1.807) is 0 Å². The van der Waals surface area contributed by atoms with E-state index in [1.165, 1.54) is 25.9 Å². The van der Waals surface area contributed by atoms with Gasteiger partial charge in [-0.25, -0.2) is 0 Å². The molecule has 0 aliphatic rings. The summed E-state index contributed by atoms with van der Waals surface area (Å²) in [4.78, 5) is 24.1. The van der Waals surface area contributed by atoms with E-state index in [9.17, 15) is 22.8 Å². The fraction of sp³-hybridized carbons (Fsp3) is 0.800. The first-order valence-corrected chi connectivity index (χ1v) is 5.32. The molecular formula is C10H18F3N3O2. The Kier molecular flexibility index (Phi) is 5.59. The number of carbonyl (C=O) groups is 2. The average Bonchev–Trinajstić information content (AvgIpc) is 2.24. The smallest absolute Gasteiger partial charge is 0.347 e. The quantitative estimate of drug-likeness (QED) is 0.760. The molecule has 8 heteroatoms. The van der Waals surface area contributed by atoms with Crippen molar-refractivity contribution in [1.29, 1.82) is 0 Å². The number of alkyl halides is 3. The maximum atomic E-state index is 12.3. The van der Waals surface area contributed by atoms with Crippen molar-refractivity contribution in [3.63, 3.8) is 0 Å². The van der Waals surface area contributed by atoms with Gasteiger partial charge in [0.25, 0.3) is 0 Å². The highest BCUT2D eigenvalue weighted by atomic mass is 19.4. The number of hydrogen-bond donors (Lipinski definition) is 2. The second-order valence-corrected chi connectivity index (χ2v) is 4.32. The molecule has 0 aromatic carbocycles. The number of nitrogens with one attached hydrogen (secondary N) is 1. The van der Waals surface area contributed by atoms with Crippen LogP contribution in [0.4, 0.5) is 13.2 Å². The van der Waals surface area contributed by atoms with Crippen molar-refractivity contribution in [1.82, 2.24) is 10.2 Å². The van der Waals surface area contributed by atoms with E-state index in [0.717, 1.165) is 6.92 Å². The molecule has 0 radical (unpaired) electrons. The predicted octanol–water partition coefficient (Wildman–Crippen LogP) is 0.105. The van der Waals surface area contributed by atoms with Crippen molar-refractivity contribution in [3.05, 3.63) is 0 Å². The van der Waals surface area contributed by atoms with Crippen LogP contribution in [0.2, 0.25) is 0 Å². The van der Waals surface area contributed by atoms with Gasteiger partial charge in [0, 0.05) is 14.1 Å². The monoisotopic (exact) mass is 269 g/mol. The number of amides is 2. The third kappa shape index (κ3) is 4.52. The van der Waals surface area contributed by atoms with E-state index in [4.69, 9.17) is 5.73 Å². The fourth-order valence-corrected chi connectivity index (χ4v) is 1.19. The van der Waals surface area contributed by atoms with Gasteiger partial charge in [0.2, 0.25) is 11.8 Å². The van der Waals surface area contributed by atoms with E-state index < -0.39 is 36.0 Å². The molecule has 0 heterocycles. The number of hydrogen-bond acceptors (Lipinski definition) is 3. The number of nitrogens with two attached hydrogens (primary N) is 1. The molecule has 0 rings (SSSR count). The summed E-state index contributed by atoms with van der Waals surface area (Å²) < 4.78 is 37.0. The molecule has 2 unspecified atom stereocenters. The van der Waals surface area contributed by atoms with E-state index in [1.807, 2.05) is 0 Å². The van der Waals surface area contributed by atoms with Crippen molar-refractivity contribution in [2.45, 2.75) is 32.1 Å². The molecule has 18 heavy (non-hydrogen) atoms. The zero-order valence-electron chi connectivity index (χ0n) is 10.7. The van der Waals surface area contributed by atoms with Crippen molar-refractivity contribution in [3.8, 4) is 0 Å². The number of likely N-dealkylation sites (N-methyl/N-ethyl adjacent to an activating group) is 1. The summed E-state index contributed by atoms with van der Waals surface area (Å²) in [5.74, 6) is -3.39. The summed E-state index contributed by atoms with van der Waals surface area (Å²) >= 11 is 0. The lowest BCUT2D eigenvalue weighted by Gasteiger charge is -2.24. The first kappa shape index (κ1) is 16.7. The summed E-state index contributed by atoms with van der Waals surface area (Å²) in [6.07, 6.45) is -4.55. The van der Waals surface area contributed by atoms with Crippen LogP contribution in [0, 0.1) is 5.92 Å². The number of carbonyl (C=O) groups excluding carboxylic acids is 2. The van der Waals surface area contributed by atoms with Gasteiger partial charge in [-0.3, -0.25) is 9.59 Å². The van der Waals surface area contributed by atoms with Crippen LogP contribution in [0.1, 0.15) is 13.8 Å². The molecule has 0 aliphatic carbocycles. The summed E-state index contributed by atoms with van der Waals surface area (Å²) in [5, 5.41) is 2.16. The van der Waals surface area contributed by atoms with Gasteiger partial charge in [-0.15, -0.1) is 0 Å². The summed E-state index contributed by atoms with van der Waals surface area (Å²) in [6.45, 7) is 2.20. The highest BCUT2D eigenvalue weighted by Gasteiger charge is 2.42. The maximum absolute atomic E-state index is 12.3. The standard InChI is InChI=1S/C10H18F3N3O2/c1-5(10(11,12)13)7(14)8(17)15-6(2)9(18)16(3)4/h5-7H,14H2,1-4H3,(H,15,17)/t5?,6-,7?/m0/s1. The van der Waals surface area contributed by atoms with Crippen LogP contribution in [0.25, 0.3) is 0 Å². The van der Waals surface area contributed by atoms with Crippen LogP contribution < -0.4 is 11.1 Å². The van der Waals surface area contributed by atoms with E-state index in [2.05, 4.69) is 5.32 Å². The van der Waals surface area contributed by atoms with Crippen molar-refractivity contribution in [2.24, 2.45) is 11.7 Å². The molecule has 5 nitrogen and oxygen atoms in total. The van der Waals surface area contributed by atoms with Crippen LogP contribution in [0.3, 0.4) is 0 Å². The van der Waals surface area contributed by atoms with Gasteiger partial charge in [0.1, 0.15) is 6.04 Å². The Bertz CT molecular complexity index is 318. The fourth-order valence-electron chi connectivity index (χ4n) is 1.19. The molecule has 0 spiro atoms. The first-order valence-electron chi connectivity index (χ1n) is 5.32. The lowest BCUT2D eigenvalue weighted by Crippen LogP contribution is -2.54. The molecule has 3 atom stereocenters. The third-order valence-electron chi connectivity index (χ3n) is 2.53. The Morgan fingerprint density at radius 2 is 1.67 bits per heavy atom. The minimum Gasteiger partial charge on any atom is -0.347 e. The van der Waals surface area contributed by atoms with Gasteiger partial charge in [0.15, 0.2) is 0 Å².